The van der Waals surface area contributed by atoms with E-state index in [9.17, 15) is 4.79 Å². The second-order valence-electron chi connectivity index (χ2n) is 7.11. The molecule has 0 radical (unpaired) electrons. The third-order valence-corrected chi connectivity index (χ3v) is 4.74. The SMILES string of the molecule is COc1ccccc1CCNc1ccnc(C(=O)Nc2ccccc2C(C)C)c1. The summed E-state index contributed by atoms with van der Waals surface area (Å²) in [7, 11) is 1.68. The van der Waals surface area contributed by atoms with Crippen LogP contribution in [0.5, 0.6) is 5.75 Å². The van der Waals surface area contributed by atoms with Crippen LogP contribution in [-0.4, -0.2) is 24.5 Å². The summed E-state index contributed by atoms with van der Waals surface area (Å²) in [5.41, 5.74) is 4.30. The molecule has 0 fully saturated rings. The van der Waals surface area contributed by atoms with Gasteiger partial charge in [-0.15, -0.1) is 0 Å². The van der Waals surface area contributed by atoms with Gasteiger partial charge in [0.25, 0.3) is 5.91 Å². The fourth-order valence-corrected chi connectivity index (χ4v) is 3.22. The molecule has 0 saturated heterocycles. The van der Waals surface area contributed by atoms with Crippen LogP contribution >= 0.6 is 0 Å². The number of pyridine rings is 1. The number of amides is 1. The number of hydrogen-bond donors (Lipinski definition) is 2. The van der Waals surface area contributed by atoms with Crippen LogP contribution in [0.3, 0.4) is 0 Å². The molecule has 0 atom stereocenters. The maximum absolute atomic E-state index is 12.7. The molecule has 5 nitrogen and oxygen atoms in total. The van der Waals surface area contributed by atoms with Crippen molar-refractivity contribution in [2.24, 2.45) is 0 Å². The lowest BCUT2D eigenvalue weighted by atomic mass is 10.0. The number of rotatable bonds is 8. The summed E-state index contributed by atoms with van der Waals surface area (Å²) in [5.74, 6) is 0.988. The lowest BCUT2D eigenvalue weighted by Gasteiger charge is -2.14. The molecule has 0 bridgehead atoms. The van der Waals surface area contributed by atoms with E-state index in [4.69, 9.17) is 4.74 Å². The van der Waals surface area contributed by atoms with E-state index >= 15 is 0 Å². The van der Waals surface area contributed by atoms with E-state index in [0.717, 1.165) is 41.2 Å². The van der Waals surface area contributed by atoms with Crippen LogP contribution in [0.2, 0.25) is 0 Å². The van der Waals surface area contributed by atoms with Crippen molar-refractivity contribution in [1.29, 1.82) is 0 Å². The van der Waals surface area contributed by atoms with Crippen molar-refractivity contribution in [2.75, 3.05) is 24.3 Å². The van der Waals surface area contributed by atoms with E-state index in [-0.39, 0.29) is 5.91 Å². The summed E-state index contributed by atoms with van der Waals surface area (Å²) in [4.78, 5) is 16.9. The molecule has 1 amide bonds. The molecule has 2 N–H and O–H groups in total. The molecule has 2 aromatic carbocycles. The van der Waals surface area contributed by atoms with Crippen LogP contribution in [0.15, 0.2) is 66.9 Å². The van der Waals surface area contributed by atoms with Crippen LogP contribution < -0.4 is 15.4 Å². The third-order valence-electron chi connectivity index (χ3n) is 4.74. The lowest BCUT2D eigenvalue weighted by Crippen LogP contribution is -2.16. The van der Waals surface area contributed by atoms with E-state index < -0.39 is 0 Å². The second-order valence-corrected chi connectivity index (χ2v) is 7.11. The maximum Gasteiger partial charge on any atom is 0.274 e. The first-order valence-corrected chi connectivity index (χ1v) is 9.80. The van der Waals surface area contributed by atoms with Gasteiger partial charge in [0.15, 0.2) is 0 Å². The number of methoxy groups -OCH3 is 1. The van der Waals surface area contributed by atoms with Crippen molar-refractivity contribution in [1.82, 2.24) is 4.98 Å². The predicted octanol–water partition coefficient (Wildman–Crippen LogP) is 5.12. The number of aromatic nitrogens is 1. The molecule has 0 unspecified atom stereocenters. The summed E-state index contributed by atoms with van der Waals surface area (Å²) < 4.78 is 5.39. The van der Waals surface area contributed by atoms with Crippen molar-refractivity contribution >= 4 is 17.3 Å². The van der Waals surface area contributed by atoms with E-state index in [1.807, 2.05) is 48.5 Å². The molecule has 150 valence electrons. The van der Waals surface area contributed by atoms with E-state index in [1.54, 1.807) is 19.4 Å². The Morgan fingerprint density at radius 3 is 2.62 bits per heavy atom. The van der Waals surface area contributed by atoms with Crippen LogP contribution in [-0.2, 0) is 6.42 Å². The number of carbonyl (C=O) groups is 1. The maximum atomic E-state index is 12.7. The Labute approximate surface area is 172 Å². The smallest absolute Gasteiger partial charge is 0.274 e. The second kappa shape index (κ2) is 9.73. The Bertz CT molecular complexity index is 970. The molecule has 0 aliphatic rings. The summed E-state index contributed by atoms with van der Waals surface area (Å²) in [6.45, 7) is 4.94. The predicted molar refractivity (Wildman–Crippen MR) is 118 cm³/mol. The van der Waals surface area contributed by atoms with Gasteiger partial charge in [0.1, 0.15) is 11.4 Å². The van der Waals surface area contributed by atoms with Crippen molar-refractivity contribution in [3.63, 3.8) is 0 Å². The fourth-order valence-electron chi connectivity index (χ4n) is 3.22. The van der Waals surface area contributed by atoms with Crippen molar-refractivity contribution in [3.05, 3.63) is 83.7 Å². The Morgan fingerprint density at radius 2 is 1.83 bits per heavy atom. The quantitative estimate of drug-likeness (QED) is 0.561. The molecule has 3 rings (SSSR count). The standard InChI is InChI=1S/C24H27N3O2/c1-17(2)20-9-5-6-10-21(20)27-24(28)22-16-19(13-15-26-22)25-14-12-18-8-4-7-11-23(18)29-3/h4-11,13,15-17H,12,14H2,1-3H3,(H,25,26)(H,27,28). The van der Waals surface area contributed by atoms with E-state index in [1.165, 1.54) is 0 Å². The normalized spacial score (nSPS) is 10.6. The Hall–Kier alpha value is -3.34. The molecule has 5 heteroatoms. The summed E-state index contributed by atoms with van der Waals surface area (Å²) in [5, 5.41) is 6.34. The zero-order valence-electron chi connectivity index (χ0n) is 17.1. The van der Waals surface area contributed by atoms with Gasteiger partial charge in [-0.25, -0.2) is 0 Å². The van der Waals surface area contributed by atoms with Crippen LogP contribution in [0.4, 0.5) is 11.4 Å². The van der Waals surface area contributed by atoms with Crippen molar-refractivity contribution in [3.8, 4) is 5.75 Å². The lowest BCUT2D eigenvalue weighted by molar-refractivity contribution is 0.102. The minimum Gasteiger partial charge on any atom is -0.496 e. The van der Waals surface area contributed by atoms with Crippen LogP contribution in [0, 0.1) is 0 Å². The van der Waals surface area contributed by atoms with Gasteiger partial charge in [-0.2, -0.15) is 0 Å². The molecule has 1 aromatic heterocycles. The first kappa shape index (κ1) is 20.4. The van der Waals surface area contributed by atoms with Crippen LogP contribution in [0.25, 0.3) is 0 Å². The Kier molecular flexibility index (Phi) is 6.85. The summed E-state index contributed by atoms with van der Waals surface area (Å²) in [6, 6.07) is 19.5. The fraction of sp³-hybridized carbons (Fsp3) is 0.250. The molecular weight excluding hydrogens is 362 g/mol. The number of nitrogens with one attached hydrogen (secondary N) is 2. The first-order chi connectivity index (χ1) is 14.1. The number of benzene rings is 2. The van der Waals surface area contributed by atoms with Gasteiger partial charge < -0.3 is 15.4 Å². The van der Waals surface area contributed by atoms with E-state index in [0.29, 0.717) is 11.6 Å². The molecule has 1 heterocycles. The first-order valence-electron chi connectivity index (χ1n) is 9.80. The molecule has 0 aliphatic carbocycles. The number of nitrogens with zero attached hydrogens (tertiary/aromatic N) is 1. The average molecular weight is 389 g/mol. The summed E-state index contributed by atoms with van der Waals surface area (Å²) >= 11 is 0. The average Bonchev–Trinajstić information content (AvgIpc) is 2.74. The summed E-state index contributed by atoms with van der Waals surface area (Å²) in [6.07, 6.45) is 2.46. The topological polar surface area (TPSA) is 63.2 Å². The zero-order chi connectivity index (χ0) is 20.6. The van der Waals surface area contributed by atoms with Gasteiger partial charge in [-0.05, 0) is 47.7 Å². The van der Waals surface area contributed by atoms with Gasteiger partial charge >= 0.3 is 0 Å². The molecule has 0 aliphatic heterocycles. The van der Waals surface area contributed by atoms with Gasteiger partial charge in [0.05, 0.1) is 7.11 Å². The molecule has 29 heavy (non-hydrogen) atoms. The van der Waals surface area contributed by atoms with Gasteiger partial charge in [-0.3, -0.25) is 9.78 Å². The molecule has 3 aromatic rings. The number of hydrogen-bond acceptors (Lipinski definition) is 4. The van der Waals surface area contributed by atoms with Crippen molar-refractivity contribution < 1.29 is 9.53 Å². The number of carbonyl (C=O) groups excluding carboxylic acids is 1. The minimum atomic E-state index is -0.216. The highest BCUT2D eigenvalue weighted by molar-refractivity contribution is 6.03. The highest BCUT2D eigenvalue weighted by atomic mass is 16.5. The van der Waals surface area contributed by atoms with Gasteiger partial charge in [0.2, 0.25) is 0 Å². The third kappa shape index (κ3) is 5.35. The largest absolute Gasteiger partial charge is 0.496 e. The number of anilines is 2. The van der Waals surface area contributed by atoms with Crippen molar-refractivity contribution in [2.45, 2.75) is 26.2 Å². The Morgan fingerprint density at radius 1 is 1.07 bits per heavy atom. The van der Waals surface area contributed by atoms with Gasteiger partial charge in [-0.1, -0.05) is 50.2 Å². The van der Waals surface area contributed by atoms with E-state index in [2.05, 4.69) is 35.5 Å². The minimum absolute atomic E-state index is 0.216. The number of ether oxygens (including phenoxy) is 1. The highest BCUT2D eigenvalue weighted by Crippen LogP contribution is 2.24. The molecular formula is C24H27N3O2. The van der Waals surface area contributed by atoms with Crippen LogP contribution in [0.1, 0.15) is 41.4 Å². The zero-order valence-corrected chi connectivity index (χ0v) is 17.1. The monoisotopic (exact) mass is 389 g/mol. The van der Waals surface area contributed by atoms with Gasteiger partial charge in [0, 0.05) is 24.1 Å². The molecule has 0 saturated carbocycles. The molecule has 0 spiro atoms. The Balaban J connectivity index is 1.64. The number of para-hydroxylation sites is 2. The highest BCUT2D eigenvalue weighted by Gasteiger charge is 2.12.